The number of nitrogens with zero attached hydrogens (tertiary/aromatic N) is 1. The molecule has 36 heavy (non-hydrogen) atoms. The minimum absolute atomic E-state index is 0.0236. The van der Waals surface area contributed by atoms with Crippen LogP contribution in [0.3, 0.4) is 0 Å². The SMILES string of the molecule is COc1cc(F)c(-n2c(=O)[nH]c3sc(N)c(C(=O)O)c3c2=O)cc1OCc1c(OC)ccc(F)c1F. The van der Waals surface area contributed by atoms with Gasteiger partial charge in [-0.3, -0.25) is 9.78 Å². The van der Waals surface area contributed by atoms with E-state index >= 15 is 4.39 Å². The number of carbonyl (C=O) groups is 1. The number of thiophene rings is 1. The molecule has 2 aromatic heterocycles. The second-order valence-corrected chi connectivity index (χ2v) is 8.26. The lowest BCUT2D eigenvalue weighted by molar-refractivity contribution is 0.0700. The van der Waals surface area contributed by atoms with E-state index in [4.69, 9.17) is 19.9 Å². The van der Waals surface area contributed by atoms with Gasteiger partial charge in [0, 0.05) is 12.1 Å². The van der Waals surface area contributed by atoms with Crippen molar-refractivity contribution in [2.75, 3.05) is 20.0 Å². The number of H-pyrrole nitrogens is 1. The van der Waals surface area contributed by atoms with Crippen molar-refractivity contribution in [1.29, 1.82) is 0 Å². The third-order valence-corrected chi connectivity index (χ3v) is 6.14. The van der Waals surface area contributed by atoms with Gasteiger partial charge < -0.3 is 25.1 Å². The molecule has 0 radical (unpaired) electrons. The van der Waals surface area contributed by atoms with Gasteiger partial charge in [0.05, 0.1) is 30.9 Å². The number of benzene rings is 2. The summed E-state index contributed by atoms with van der Waals surface area (Å²) >= 11 is 0.676. The Kier molecular flexibility index (Phi) is 6.37. The number of carboxylic acid groups (broad SMARTS) is 1. The molecule has 0 aliphatic heterocycles. The number of anilines is 1. The van der Waals surface area contributed by atoms with Gasteiger partial charge in [0.15, 0.2) is 29.0 Å². The van der Waals surface area contributed by atoms with Crippen molar-refractivity contribution in [2.24, 2.45) is 0 Å². The van der Waals surface area contributed by atoms with Crippen molar-refractivity contribution in [3.05, 3.63) is 73.7 Å². The maximum Gasteiger partial charge on any atom is 0.339 e. The molecule has 2 aromatic carbocycles. The third-order valence-electron chi connectivity index (χ3n) is 5.21. The van der Waals surface area contributed by atoms with Crippen LogP contribution < -0.4 is 31.2 Å². The fourth-order valence-electron chi connectivity index (χ4n) is 3.55. The van der Waals surface area contributed by atoms with Crippen molar-refractivity contribution in [3.63, 3.8) is 0 Å². The summed E-state index contributed by atoms with van der Waals surface area (Å²) < 4.78 is 59.0. The zero-order valence-corrected chi connectivity index (χ0v) is 19.3. The van der Waals surface area contributed by atoms with E-state index in [0.29, 0.717) is 15.9 Å². The summed E-state index contributed by atoms with van der Waals surface area (Å²) in [6.45, 7) is -0.595. The van der Waals surface area contributed by atoms with Crippen molar-refractivity contribution in [1.82, 2.24) is 9.55 Å². The van der Waals surface area contributed by atoms with Gasteiger partial charge in [-0.25, -0.2) is 27.3 Å². The molecule has 2 heterocycles. The Balaban J connectivity index is 1.88. The highest BCUT2D eigenvalue weighted by atomic mass is 32.1. The van der Waals surface area contributed by atoms with Crippen molar-refractivity contribution >= 4 is 32.5 Å². The van der Waals surface area contributed by atoms with Gasteiger partial charge in [0.2, 0.25) is 0 Å². The number of nitrogens with one attached hydrogen (secondary N) is 1. The number of methoxy groups -OCH3 is 2. The number of hydrogen-bond acceptors (Lipinski definition) is 8. The van der Waals surface area contributed by atoms with Gasteiger partial charge in [0.1, 0.15) is 27.8 Å². The van der Waals surface area contributed by atoms with Gasteiger partial charge in [-0.1, -0.05) is 11.3 Å². The Hall–Kier alpha value is -4.46. The summed E-state index contributed by atoms with van der Waals surface area (Å²) in [5, 5.41) is 8.80. The van der Waals surface area contributed by atoms with Gasteiger partial charge in [0.25, 0.3) is 5.56 Å². The Morgan fingerprint density at radius 1 is 1.08 bits per heavy atom. The zero-order valence-electron chi connectivity index (χ0n) is 18.5. The smallest absolute Gasteiger partial charge is 0.339 e. The molecule has 188 valence electrons. The zero-order chi connectivity index (χ0) is 26.3. The van der Waals surface area contributed by atoms with E-state index in [1.807, 2.05) is 0 Å². The largest absolute Gasteiger partial charge is 0.496 e. The fraction of sp³-hybridized carbons (Fsp3) is 0.136. The Labute approximate surface area is 202 Å². The van der Waals surface area contributed by atoms with E-state index in [-0.39, 0.29) is 32.6 Å². The topological polar surface area (TPSA) is 146 Å². The average molecular weight is 523 g/mol. The second-order valence-electron chi connectivity index (χ2n) is 7.21. The first-order valence-electron chi connectivity index (χ1n) is 9.91. The number of nitrogen functional groups attached to an aromatic ring is 1. The first-order valence-corrected chi connectivity index (χ1v) is 10.7. The summed E-state index contributed by atoms with van der Waals surface area (Å²) in [6, 6.07) is 3.79. The first-order chi connectivity index (χ1) is 17.1. The minimum atomic E-state index is -1.51. The van der Waals surface area contributed by atoms with E-state index in [1.54, 1.807) is 0 Å². The molecule has 4 N–H and O–H groups in total. The molecule has 0 aliphatic rings. The lowest BCUT2D eigenvalue weighted by atomic mass is 10.2. The minimum Gasteiger partial charge on any atom is -0.496 e. The van der Waals surface area contributed by atoms with Crippen LogP contribution in [-0.2, 0) is 6.61 Å². The number of aromatic amines is 1. The standard InChI is InChI=1S/C22H16F3N3O7S/c1-33-12-4-3-9(23)17(25)8(12)7-35-14-6-11(10(24)5-13(14)34-2)28-20(29)16-15(21(30)31)18(26)36-19(16)27-22(28)32/h3-6H,7,26H2,1-2H3,(H,27,32)(H,30,31). The van der Waals surface area contributed by atoms with E-state index < -0.39 is 57.9 Å². The predicted octanol–water partition coefficient (Wildman–Crippen LogP) is 3.03. The van der Waals surface area contributed by atoms with Gasteiger partial charge in [-0.05, 0) is 12.1 Å². The van der Waals surface area contributed by atoms with Crippen LogP contribution in [0.2, 0.25) is 0 Å². The van der Waals surface area contributed by atoms with Gasteiger partial charge >= 0.3 is 11.7 Å². The molecule has 0 saturated heterocycles. The Morgan fingerprint density at radius 2 is 1.78 bits per heavy atom. The maximum absolute atomic E-state index is 15.0. The number of ether oxygens (including phenoxy) is 3. The number of fused-ring (bicyclic) bond motifs is 1. The Bertz CT molecular complexity index is 1650. The van der Waals surface area contributed by atoms with Crippen LogP contribution in [0.4, 0.5) is 18.2 Å². The molecule has 0 unspecified atom stereocenters. The van der Waals surface area contributed by atoms with E-state index in [1.165, 1.54) is 20.3 Å². The number of halogens is 3. The molecular weight excluding hydrogens is 507 g/mol. The molecule has 0 spiro atoms. The van der Waals surface area contributed by atoms with E-state index in [9.17, 15) is 28.3 Å². The van der Waals surface area contributed by atoms with Crippen molar-refractivity contribution in [3.8, 4) is 22.9 Å². The fourth-order valence-corrected chi connectivity index (χ4v) is 4.49. The molecule has 4 aromatic rings. The highest BCUT2D eigenvalue weighted by Crippen LogP contribution is 2.34. The molecular formula is C22H16F3N3O7S. The number of aromatic carboxylic acids is 1. The van der Waals surface area contributed by atoms with Crippen LogP contribution in [0, 0.1) is 17.5 Å². The molecule has 14 heteroatoms. The summed E-state index contributed by atoms with van der Waals surface area (Å²) in [5.74, 6) is -5.45. The highest BCUT2D eigenvalue weighted by Gasteiger charge is 2.25. The molecule has 0 atom stereocenters. The van der Waals surface area contributed by atoms with Crippen LogP contribution in [0.1, 0.15) is 15.9 Å². The quantitative estimate of drug-likeness (QED) is 0.335. The molecule has 0 amide bonds. The predicted molar refractivity (Wildman–Crippen MR) is 123 cm³/mol. The normalized spacial score (nSPS) is 11.0. The summed E-state index contributed by atoms with van der Waals surface area (Å²) in [6.07, 6.45) is 0. The first kappa shape index (κ1) is 24.7. The number of nitrogens with two attached hydrogens (primary N) is 1. The number of carboxylic acids is 1. The lowest BCUT2D eigenvalue weighted by Gasteiger charge is -2.16. The average Bonchev–Trinajstić information content (AvgIpc) is 3.17. The van der Waals surface area contributed by atoms with E-state index in [2.05, 4.69) is 4.98 Å². The van der Waals surface area contributed by atoms with Crippen LogP contribution in [0.5, 0.6) is 17.2 Å². The van der Waals surface area contributed by atoms with Gasteiger partial charge in [-0.2, -0.15) is 0 Å². The van der Waals surface area contributed by atoms with E-state index in [0.717, 1.165) is 18.2 Å². The monoisotopic (exact) mass is 523 g/mol. The lowest BCUT2D eigenvalue weighted by Crippen LogP contribution is -2.34. The summed E-state index contributed by atoms with van der Waals surface area (Å²) in [5.41, 5.74) is 2.01. The van der Waals surface area contributed by atoms with Crippen LogP contribution >= 0.6 is 11.3 Å². The molecule has 0 bridgehead atoms. The molecule has 0 fully saturated rings. The maximum atomic E-state index is 15.0. The van der Waals surface area contributed by atoms with Crippen LogP contribution in [0.15, 0.2) is 33.9 Å². The molecule has 4 rings (SSSR count). The number of rotatable bonds is 7. The van der Waals surface area contributed by atoms with Crippen LogP contribution in [0.25, 0.3) is 15.9 Å². The second kappa shape index (κ2) is 9.30. The van der Waals surface area contributed by atoms with Crippen LogP contribution in [-0.4, -0.2) is 34.8 Å². The molecule has 10 nitrogen and oxygen atoms in total. The number of hydrogen-bond donors (Lipinski definition) is 3. The molecule has 0 aliphatic carbocycles. The van der Waals surface area contributed by atoms with Crippen molar-refractivity contribution < 1.29 is 37.3 Å². The third kappa shape index (κ3) is 4.00. The molecule has 0 saturated carbocycles. The summed E-state index contributed by atoms with van der Waals surface area (Å²) in [4.78, 5) is 39.7. The summed E-state index contributed by atoms with van der Waals surface area (Å²) in [7, 11) is 2.42. The highest BCUT2D eigenvalue weighted by molar-refractivity contribution is 7.22. The number of aromatic nitrogens is 2. The Morgan fingerprint density at radius 3 is 2.42 bits per heavy atom. The van der Waals surface area contributed by atoms with Gasteiger partial charge in [-0.15, -0.1) is 0 Å². The van der Waals surface area contributed by atoms with Crippen molar-refractivity contribution in [2.45, 2.75) is 6.61 Å².